The molecule has 2 aromatic carbocycles. The molecule has 5 nitrogen and oxygen atoms in total. The fourth-order valence-corrected chi connectivity index (χ4v) is 3.69. The lowest BCUT2D eigenvalue weighted by molar-refractivity contribution is 0.0950. The van der Waals surface area contributed by atoms with Gasteiger partial charge in [0.25, 0.3) is 5.91 Å². The van der Waals surface area contributed by atoms with Crippen LogP contribution >= 0.6 is 0 Å². The van der Waals surface area contributed by atoms with Crippen molar-refractivity contribution in [3.05, 3.63) is 60.3 Å². The molecule has 4 rings (SSSR count). The van der Waals surface area contributed by atoms with Gasteiger partial charge in [-0.15, -0.1) is 0 Å². The smallest absolute Gasteiger partial charge is 0.251 e. The highest BCUT2D eigenvalue weighted by molar-refractivity contribution is 6.00. The predicted octanol–water partition coefficient (Wildman–Crippen LogP) is 4.07. The summed E-state index contributed by atoms with van der Waals surface area (Å²) in [5, 5.41) is 4.03. The topological polar surface area (TPSA) is 60.5 Å². The number of hydrogen-bond acceptors (Lipinski definition) is 4. The van der Waals surface area contributed by atoms with E-state index in [0.717, 1.165) is 53.8 Å². The summed E-state index contributed by atoms with van der Waals surface area (Å²) in [7, 11) is 1.64. The van der Waals surface area contributed by atoms with Gasteiger partial charge in [0, 0.05) is 36.9 Å². The van der Waals surface area contributed by atoms with E-state index in [4.69, 9.17) is 9.47 Å². The van der Waals surface area contributed by atoms with E-state index in [1.54, 1.807) is 13.3 Å². The number of ether oxygens (including phenoxy) is 2. The molecule has 3 aromatic rings. The molecule has 0 bridgehead atoms. The standard InChI is InChI=1S/C23H24N2O3/c1-27-21-8-7-19(20-6-3-11-24-22(20)21)17-4-2-5-18(14-17)23(26)25-12-9-16-10-13-28-15-16/h2-8,11,14,16H,9-10,12-13,15H2,1H3,(H,25,26)/t16-/m0/s1. The van der Waals surface area contributed by atoms with Crippen molar-refractivity contribution in [2.75, 3.05) is 26.9 Å². The molecule has 1 aromatic heterocycles. The first-order valence-electron chi connectivity index (χ1n) is 9.64. The maximum Gasteiger partial charge on any atom is 0.251 e. The lowest BCUT2D eigenvalue weighted by atomic mass is 9.98. The van der Waals surface area contributed by atoms with E-state index >= 15 is 0 Å². The Hall–Kier alpha value is -2.92. The third-order valence-corrected chi connectivity index (χ3v) is 5.25. The van der Waals surface area contributed by atoms with Crippen molar-refractivity contribution in [3.8, 4) is 16.9 Å². The molecule has 28 heavy (non-hydrogen) atoms. The van der Waals surface area contributed by atoms with Crippen LogP contribution in [0.5, 0.6) is 5.75 Å². The van der Waals surface area contributed by atoms with Gasteiger partial charge in [-0.3, -0.25) is 9.78 Å². The first-order valence-corrected chi connectivity index (χ1v) is 9.64. The van der Waals surface area contributed by atoms with Crippen LogP contribution in [0.4, 0.5) is 0 Å². The lowest BCUT2D eigenvalue weighted by Gasteiger charge is -2.12. The number of carbonyl (C=O) groups is 1. The Morgan fingerprint density at radius 1 is 1.25 bits per heavy atom. The van der Waals surface area contributed by atoms with Gasteiger partial charge in [0.15, 0.2) is 0 Å². The lowest BCUT2D eigenvalue weighted by Crippen LogP contribution is -2.26. The van der Waals surface area contributed by atoms with Crippen molar-refractivity contribution in [1.82, 2.24) is 10.3 Å². The molecule has 1 amide bonds. The molecule has 0 radical (unpaired) electrons. The Bertz CT molecular complexity index is 980. The molecule has 144 valence electrons. The van der Waals surface area contributed by atoms with Crippen molar-refractivity contribution < 1.29 is 14.3 Å². The Kier molecular flexibility index (Phi) is 5.53. The van der Waals surface area contributed by atoms with Crippen LogP contribution in [0.3, 0.4) is 0 Å². The van der Waals surface area contributed by atoms with Gasteiger partial charge in [-0.25, -0.2) is 0 Å². The number of nitrogens with one attached hydrogen (secondary N) is 1. The van der Waals surface area contributed by atoms with Crippen LogP contribution in [0.2, 0.25) is 0 Å². The summed E-state index contributed by atoms with van der Waals surface area (Å²) >= 11 is 0. The van der Waals surface area contributed by atoms with Crippen LogP contribution in [0.15, 0.2) is 54.7 Å². The minimum Gasteiger partial charge on any atom is -0.494 e. The minimum atomic E-state index is -0.0447. The third-order valence-electron chi connectivity index (χ3n) is 5.25. The number of amides is 1. The van der Waals surface area contributed by atoms with Gasteiger partial charge in [0.1, 0.15) is 11.3 Å². The first kappa shape index (κ1) is 18.4. The van der Waals surface area contributed by atoms with Crippen molar-refractivity contribution >= 4 is 16.8 Å². The average molecular weight is 376 g/mol. The highest BCUT2D eigenvalue weighted by Crippen LogP contribution is 2.33. The molecule has 0 saturated carbocycles. The van der Waals surface area contributed by atoms with Gasteiger partial charge in [0.2, 0.25) is 0 Å². The Balaban J connectivity index is 1.55. The Labute approximate surface area is 164 Å². The molecule has 0 spiro atoms. The van der Waals surface area contributed by atoms with Crippen LogP contribution in [-0.4, -0.2) is 37.8 Å². The molecular weight excluding hydrogens is 352 g/mol. The second kappa shape index (κ2) is 8.40. The summed E-state index contributed by atoms with van der Waals surface area (Å²) in [6, 6.07) is 15.6. The van der Waals surface area contributed by atoms with E-state index in [9.17, 15) is 4.79 Å². The number of benzene rings is 2. The molecule has 1 saturated heterocycles. The van der Waals surface area contributed by atoms with E-state index < -0.39 is 0 Å². The van der Waals surface area contributed by atoms with E-state index in [2.05, 4.69) is 10.3 Å². The predicted molar refractivity (Wildman–Crippen MR) is 110 cm³/mol. The van der Waals surface area contributed by atoms with E-state index in [0.29, 0.717) is 18.0 Å². The van der Waals surface area contributed by atoms with Crippen LogP contribution < -0.4 is 10.1 Å². The Morgan fingerprint density at radius 3 is 3.00 bits per heavy atom. The minimum absolute atomic E-state index is 0.0447. The van der Waals surface area contributed by atoms with Crippen LogP contribution in [0.25, 0.3) is 22.0 Å². The maximum absolute atomic E-state index is 12.6. The van der Waals surface area contributed by atoms with Crippen LogP contribution in [0.1, 0.15) is 23.2 Å². The maximum atomic E-state index is 12.6. The molecule has 1 atom stereocenters. The summed E-state index contributed by atoms with van der Waals surface area (Å²) in [6.45, 7) is 2.32. The molecule has 1 N–H and O–H groups in total. The molecule has 1 aliphatic rings. The molecule has 0 unspecified atom stereocenters. The monoisotopic (exact) mass is 376 g/mol. The number of methoxy groups -OCH3 is 1. The van der Waals surface area contributed by atoms with Crippen molar-refractivity contribution in [2.45, 2.75) is 12.8 Å². The summed E-state index contributed by atoms with van der Waals surface area (Å²) in [6.07, 6.45) is 3.80. The molecule has 0 aliphatic carbocycles. The number of hydrogen-bond donors (Lipinski definition) is 1. The van der Waals surface area contributed by atoms with Crippen LogP contribution in [0, 0.1) is 5.92 Å². The van der Waals surface area contributed by atoms with Gasteiger partial charge in [-0.2, -0.15) is 0 Å². The van der Waals surface area contributed by atoms with Crippen LogP contribution in [-0.2, 0) is 4.74 Å². The zero-order chi connectivity index (χ0) is 19.3. The second-order valence-electron chi connectivity index (χ2n) is 7.07. The molecule has 1 fully saturated rings. The van der Waals surface area contributed by atoms with Gasteiger partial charge in [0.05, 0.1) is 7.11 Å². The van der Waals surface area contributed by atoms with Crippen molar-refractivity contribution in [1.29, 1.82) is 0 Å². The highest BCUT2D eigenvalue weighted by atomic mass is 16.5. The third kappa shape index (κ3) is 3.85. The largest absolute Gasteiger partial charge is 0.494 e. The van der Waals surface area contributed by atoms with Gasteiger partial charge >= 0.3 is 0 Å². The summed E-state index contributed by atoms with van der Waals surface area (Å²) in [4.78, 5) is 17.1. The highest BCUT2D eigenvalue weighted by Gasteiger charge is 2.16. The van der Waals surface area contributed by atoms with E-state index in [1.807, 2.05) is 48.5 Å². The molecule has 2 heterocycles. The summed E-state index contributed by atoms with van der Waals surface area (Å²) in [5.41, 5.74) is 3.49. The fraction of sp³-hybridized carbons (Fsp3) is 0.304. The SMILES string of the molecule is COc1ccc(-c2cccc(C(=O)NCC[C@H]3CCOC3)c2)c2cccnc12. The van der Waals surface area contributed by atoms with E-state index in [1.165, 1.54) is 0 Å². The van der Waals surface area contributed by atoms with Gasteiger partial charge < -0.3 is 14.8 Å². The quantitative estimate of drug-likeness (QED) is 0.705. The second-order valence-corrected chi connectivity index (χ2v) is 7.07. The number of aromatic nitrogens is 1. The van der Waals surface area contributed by atoms with Gasteiger partial charge in [-0.05, 0) is 60.2 Å². The number of nitrogens with zero attached hydrogens (tertiary/aromatic N) is 1. The molecule has 5 heteroatoms. The van der Waals surface area contributed by atoms with Gasteiger partial charge in [-0.1, -0.05) is 18.2 Å². The zero-order valence-corrected chi connectivity index (χ0v) is 16.0. The summed E-state index contributed by atoms with van der Waals surface area (Å²) in [5.74, 6) is 1.26. The number of rotatable bonds is 6. The molecule has 1 aliphatic heterocycles. The average Bonchev–Trinajstić information content (AvgIpc) is 3.26. The number of pyridine rings is 1. The number of fused-ring (bicyclic) bond motifs is 1. The Morgan fingerprint density at radius 2 is 2.18 bits per heavy atom. The number of carbonyl (C=O) groups excluding carboxylic acids is 1. The normalized spacial score (nSPS) is 16.2. The summed E-state index contributed by atoms with van der Waals surface area (Å²) < 4.78 is 10.8. The van der Waals surface area contributed by atoms with Crippen molar-refractivity contribution in [3.63, 3.8) is 0 Å². The van der Waals surface area contributed by atoms with Crippen molar-refractivity contribution in [2.24, 2.45) is 5.92 Å². The van der Waals surface area contributed by atoms with E-state index in [-0.39, 0.29) is 5.91 Å². The fourth-order valence-electron chi connectivity index (χ4n) is 3.69. The molecular formula is C23H24N2O3. The first-order chi connectivity index (χ1) is 13.8. The zero-order valence-electron chi connectivity index (χ0n) is 16.0.